The first kappa shape index (κ1) is 16.2. The maximum absolute atomic E-state index is 13.3. The summed E-state index contributed by atoms with van der Waals surface area (Å²) in [5.74, 6) is -0.704. The number of carbonyl (C=O) groups is 2. The third-order valence-corrected chi connectivity index (χ3v) is 5.80. The van der Waals surface area contributed by atoms with Gasteiger partial charge in [0.2, 0.25) is 5.91 Å². The van der Waals surface area contributed by atoms with Crippen molar-refractivity contribution in [1.29, 1.82) is 5.26 Å². The molecule has 0 saturated carbocycles. The third-order valence-electron chi connectivity index (χ3n) is 5.80. The number of rotatable bonds is 2. The lowest BCUT2D eigenvalue weighted by atomic mass is 9.89. The van der Waals surface area contributed by atoms with Gasteiger partial charge in [-0.05, 0) is 36.2 Å². The first-order valence-electron chi connectivity index (χ1n) is 9.17. The fourth-order valence-electron chi connectivity index (χ4n) is 4.70. The van der Waals surface area contributed by atoms with Crippen molar-refractivity contribution in [2.75, 3.05) is 18.0 Å². The number of hydrogen-bond acceptors (Lipinski definition) is 5. The smallest absolute Gasteiger partial charge is 0.253 e. The molecular formula is C21H18N4O2. The number of imide groups is 1. The SMILES string of the molecule is N#Cc1ccc([C@@H]2[C@@H]3C(=O)N(c4ccccc4)C(=O)[C@H]3N3CCCN23)cc1. The minimum Gasteiger partial charge on any atom is -0.274 e. The molecule has 0 unspecified atom stereocenters. The summed E-state index contributed by atoms with van der Waals surface area (Å²) in [5, 5.41) is 13.3. The van der Waals surface area contributed by atoms with Crippen LogP contribution in [0.15, 0.2) is 54.6 Å². The summed E-state index contributed by atoms with van der Waals surface area (Å²) in [5.41, 5.74) is 2.20. The minimum atomic E-state index is -0.444. The lowest BCUT2D eigenvalue weighted by molar-refractivity contribution is -0.126. The Hall–Kier alpha value is -3.01. The molecule has 3 aliphatic heterocycles. The Labute approximate surface area is 157 Å². The second-order valence-corrected chi connectivity index (χ2v) is 7.18. The summed E-state index contributed by atoms with van der Waals surface area (Å²) in [6, 6.07) is 18.0. The number of fused-ring (bicyclic) bond motifs is 3. The normalized spacial score (nSPS) is 27.7. The molecule has 3 heterocycles. The lowest BCUT2D eigenvalue weighted by Gasteiger charge is -2.29. The zero-order valence-electron chi connectivity index (χ0n) is 14.7. The number of para-hydroxylation sites is 1. The number of hydrazine groups is 1. The number of amides is 2. The van der Waals surface area contributed by atoms with E-state index in [-0.39, 0.29) is 17.9 Å². The molecule has 0 aliphatic carbocycles. The summed E-state index contributed by atoms with van der Waals surface area (Å²) >= 11 is 0. The van der Waals surface area contributed by atoms with E-state index in [1.165, 1.54) is 4.90 Å². The largest absolute Gasteiger partial charge is 0.274 e. The first-order valence-corrected chi connectivity index (χ1v) is 9.17. The molecule has 2 aromatic rings. The molecule has 0 bridgehead atoms. The van der Waals surface area contributed by atoms with Crippen LogP contribution in [0.4, 0.5) is 5.69 Å². The van der Waals surface area contributed by atoms with Crippen molar-refractivity contribution in [3.8, 4) is 6.07 Å². The van der Waals surface area contributed by atoms with E-state index in [1.54, 1.807) is 24.3 Å². The van der Waals surface area contributed by atoms with Crippen molar-refractivity contribution in [3.05, 3.63) is 65.7 Å². The van der Waals surface area contributed by atoms with Gasteiger partial charge >= 0.3 is 0 Å². The van der Waals surface area contributed by atoms with Gasteiger partial charge in [0.25, 0.3) is 5.91 Å². The second-order valence-electron chi connectivity index (χ2n) is 7.18. The molecule has 0 spiro atoms. The molecule has 6 nitrogen and oxygen atoms in total. The molecule has 3 aliphatic rings. The number of anilines is 1. The Morgan fingerprint density at radius 3 is 2.19 bits per heavy atom. The van der Waals surface area contributed by atoms with Crippen LogP contribution in [0.2, 0.25) is 0 Å². The first-order chi connectivity index (χ1) is 13.2. The molecular weight excluding hydrogens is 340 g/mol. The van der Waals surface area contributed by atoms with Crippen molar-refractivity contribution in [1.82, 2.24) is 10.0 Å². The van der Waals surface area contributed by atoms with Crippen LogP contribution in [0.3, 0.4) is 0 Å². The Morgan fingerprint density at radius 2 is 1.52 bits per heavy atom. The van der Waals surface area contributed by atoms with Crippen molar-refractivity contribution in [3.63, 3.8) is 0 Å². The van der Waals surface area contributed by atoms with E-state index >= 15 is 0 Å². The quantitative estimate of drug-likeness (QED) is 0.769. The van der Waals surface area contributed by atoms with Gasteiger partial charge in [0.15, 0.2) is 0 Å². The highest BCUT2D eigenvalue weighted by molar-refractivity contribution is 6.24. The van der Waals surface area contributed by atoms with Crippen molar-refractivity contribution in [2.45, 2.75) is 18.5 Å². The molecule has 0 N–H and O–H groups in total. The Morgan fingerprint density at radius 1 is 0.852 bits per heavy atom. The maximum atomic E-state index is 13.3. The fourth-order valence-corrected chi connectivity index (χ4v) is 4.70. The highest BCUT2D eigenvalue weighted by Gasteiger charge is 2.62. The van der Waals surface area contributed by atoms with E-state index in [4.69, 9.17) is 5.26 Å². The Bertz CT molecular complexity index is 950. The summed E-state index contributed by atoms with van der Waals surface area (Å²) in [6.45, 7) is 1.62. The van der Waals surface area contributed by atoms with Crippen molar-refractivity contribution in [2.24, 2.45) is 5.92 Å². The van der Waals surface area contributed by atoms with Gasteiger partial charge < -0.3 is 0 Å². The van der Waals surface area contributed by atoms with Gasteiger partial charge in [-0.3, -0.25) is 9.59 Å². The average molecular weight is 358 g/mol. The van der Waals surface area contributed by atoms with Gasteiger partial charge in [0.05, 0.1) is 29.3 Å². The van der Waals surface area contributed by atoms with Crippen LogP contribution < -0.4 is 4.90 Å². The van der Waals surface area contributed by atoms with E-state index in [1.807, 2.05) is 30.3 Å². The number of hydrogen-bond donors (Lipinski definition) is 0. The number of nitrogens with zero attached hydrogens (tertiary/aromatic N) is 4. The third kappa shape index (κ3) is 2.26. The zero-order valence-corrected chi connectivity index (χ0v) is 14.7. The molecule has 6 heteroatoms. The van der Waals surface area contributed by atoms with Crippen LogP contribution >= 0.6 is 0 Å². The van der Waals surface area contributed by atoms with Crippen LogP contribution in [0.5, 0.6) is 0 Å². The van der Waals surface area contributed by atoms with Gasteiger partial charge in [-0.1, -0.05) is 30.3 Å². The molecule has 2 amide bonds. The molecule has 3 fully saturated rings. The predicted octanol–water partition coefficient (Wildman–Crippen LogP) is 2.09. The highest BCUT2D eigenvalue weighted by Crippen LogP contribution is 2.48. The molecule has 5 rings (SSSR count). The van der Waals surface area contributed by atoms with E-state index in [2.05, 4.69) is 16.1 Å². The van der Waals surface area contributed by atoms with Crippen LogP contribution in [0.1, 0.15) is 23.6 Å². The monoisotopic (exact) mass is 358 g/mol. The van der Waals surface area contributed by atoms with E-state index in [0.29, 0.717) is 11.3 Å². The van der Waals surface area contributed by atoms with Crippen molar-refractivity contribution >= 4 is 17.5 Å². The Kier molecular flexibility index (Phi) is 3.61. The van der Waals surface area contributed by atoms with Gasteiger partial charge in [0.1, 0.15) is 6.04 Å². The van der Waals surface area contributed by atoms with Gasteiger partial charge in [-0.25, -0.2) is 14.9 Å². The van der Waals surface area contributed by atoms with Gasteiger partial charge in [0, 0.05) is 13.1 Å². The maximum Gasteiger partial charge on any atom is 0.253 e. The average Bonchev–Trinajstić information content (AvgIpc) is 3.35. The summed E-state index contributed by atoms with van der Waals surface area (Å²) in [6.07, 6.45) is 0.975. The molecule has 27 heavy (non-hydrogen) atoms. The molecule has 3 atom stereocenters. The highest BCUT2D eigenvalue weighted by atomic mass is 16.2. The van der Waals surface area contributed by atoms with Crippen LogP contribution in [0, 0.1) is 17.2 Å². The topological polar surface area (TPSA) is 67.6 Å². The van der Waals surface area contributed by atoms with Crippen LogP contribution in [0.25, 0.3) is 0 Å². The summed E-state index contributed by atoms with van der Waals surface area (Å²) in [7, 11) is 0. The zero-order chi connectivity index (χ0) is 18.5. The second kappa shape index (κ2) is 6.02. The van der Waals surface area contributed by atoms with Gasteiger partial charge in [-0.2, -0.15) is 5.26 Å². The summed E-state index contributed by atoms with van der Waals surface area (Å²) in [4.78, 5) is 27.9. The standard InChI is InChI=1S/C21H18N4O2/c22-13-14-7-9-15(10-8-14)18-17-19(24-12-4-11-23(18)24)21(27)25(20(17)26)16-5-2-1-3-6-16/h1-3,5-10,17-19H,4,11-12H2/t17-,18+,19-/m0/s1. The Balaban J connectivity index is 1.58. The van der Waals surface area contributed by atoms with E-state index in [0.717, 1.165) is 25.1 Å². The molecule has 0 radical (unpaired) electrons. The van der Waals surface area contributed by atoms with Crippen LogP contribution in [-0.2, 0) is 9.59 Å². The van der Waals surface area contributed by atoms with E-state index < -0.39 is 12.0 Å². The molecule has 3 saturated heterocycles. The van der Waals surface area contributed by atoms with Crippen LogP contribution in [-0.4, -0.2) is 41.0 Å². The van der Waals surface area contributed by atoms with Gasteiger partial charge in [-0.15, -0.1) is 0 Å². The van der Waals surface area contributed by atoms with Crippen molar-refractivity contribution < 1.29 is 9.59 Å². The number of benzene rings is 2. The lowest BCUT2D eigenvalue weighted by Crippen LogP contribution is -2.44. The number of carbonyl (C=O) groups excluding carboxylic acids is 2. The van der Waals surface area contributed by atoms with E-state index in [9.17, 15) is 9.59 Å². The predicted molar refractivity (Wildman–Crippen MR) is 98.1 cm³/mol. The molecule has 0 aromatic heterocycles. The summed E-state index contributed by atoms with van der Waals surface area (Å²) < 4.78 is 0. The minimum absolute atomic E-state index is 0.139. The number of nitriles is 1. The molecule has 134 valence electrons. The molecule has 2 aromatic carbocycles. The fraction of sp³-hybridized carbons (Fsp3) is 0.286.